The molecule has 0 radical (unpaired) electrons. The van der Waals surface area contributed by atoms with Gasteiger partial charge in [0.25, 0.3) is 5.91 Å². The summed E-state index contributed by atoms with van der Waals surface area (Å²) in [5.74, 6) is -0.104. The summed E-state index contributed by atoms with van der Waals surface area (Å²) in [4.78, 5) is 42.3. The van der Waals surface area contributed by atoms with E-state index < -0.39 is 0 Å². The van der Waals surface area contributed by atoms with Gasteiger partial charge >= 0.3 is 0 Å². The third-order valence-electron chi connectivity index (χ3n) is 5.12. The van der Waals surface area contributed by atoms with Crippen LogP contribution < -0.4 is 0 Å². The summed E-state index contributed by atoms with van der Waals surface area (Å²) in [5, 5.41) is 0. The lowest BCUT2D eigenvalue weighted by molar-refractivity contribution is -0.137. The largest absolute Gasteiger partial charge is 0.342 e. The second kappa shape index (κ2) is 7.25. The minimum absolute atomic E-state index is 0.0142. The standard InChI is InChI=1S/C19H25N3O3/c1-3-20-13-16(12-17(20)23)19(25)22-10-8-21(9-11-22)18(24)15-6-4-14(2)5-7-15/h4-7,16H,3,8-13H2,1-2H3/t16-/m0/s1. The Balaban J connectivity index is 1.55. The summed E-state index contributed by atoms with van der Waals surface area (Å²) in [6.07, 6.45) is 0.315. The predicted octanol–water partition coefficient (Wildman–Crippen LogP) is 1.15. The van der Waals surface area contributed by atoms with E-state index >= 15 is 0 Å². The van der Waals surface area contributed by atoms with Crippen LogP contribution in [0.2, 0.25) is 0 Å². The zero-order valence-electron chi connectivity index (χ0n) is 14.9. The number of carbonyl (C=O) groups excluding carboxylic acids is 3. The molecule has 0 N–H and O–H groups in total. The van der Waals surface area contributed by atoms with Crippen molar-refractivity contribution in [2.75, 3.05) is 39.3 Å². The number of hydrogen-bond acceptors (Lipinski definition) is 3. The summed E-state index contributed by atoms with van der Waals surface area (Å²) >= 11 is 0. The number of hydrogen-bond donors (Lipinski definition) is 0. The van der Waals surface area contributed by atoms with Crippen LogP contribution in [0.1, 0.15) is 29.3 Å². The van der Waals surface area contributed by atoms with Gasteiger partial charge in [0.1, 0.15) is 0 Å². The average molecular weight is 343 g/mol. The molecule has 0 aromatic heterocycles. The maximum atomic E-state index is 12.6. The predicted molar refractivity (Wildman–Crippen MR) is 94.0 cm³/mol. The summed E-state index contributed by atoms with van der Waals surface area (Å²) in [6, 6.07) is 7.56. The maximum Gasteiger partial charge on any atom is 0.253 e. The van der Waals surface area contributed by atoms with Gasteiger partial charge in [-0.1, -0.05) is 17.7 Å². The quantitative estimate of drug-likeness (QED) is 0.827. The van der Waals surface area contributed by atoms with Gasteiger partial charge in [-0.15, -0.1) is 0 Å². The third kappa shape index (κ3) is 3.67. The van der Waals surface area contributed by atoms with Crippen molar-refractivity contribution in [1.82, 2.24) is 14.7 Å². The molecule has 2 aliphatic heterocycles. The topological polar surface area (TPSA) is 60.9 Å². The SMILES string of the molecule is CCN1C[C@@H](C(=O)N2CCN(C(=O)c3ccc(C)cc3)CC2)CC1=O. The highest BCUT2D eigenvalue weighted by Crippen LogP contribution is 2.21. The first kappa shape index (κ1) is 17.5. The number of nitrogens with zero attached hydrogens (tertiary/aromatic N) is 3. The molecule has 1 atom stereocenters. The fourth-order valence-corrected chi connectivity index (χ4v) is 3.51. The minimum atomic E-state index is -0.230. The molecule has 0 unspecified atom stereocenters. The molecule has 1 aromatic carbocycles. The fraction of sp³-hybridized carbons (Fsp3) is 0.526. The summed E-state index contributed by atoms with van der Waals surface area (Å²) < 4.78 is 0. The molecule has 3 amide bonds. The van der Waals surface area contributed by atoms with Crippen molar-refractivity contribution in [1.29, 1.82) is 0 Å². The molecule has 2 saturated heterocycles. The van der Waals surface area contributed by atoms with Gasteiger partial charge in [0.2, 0.25) is 11.8 Å². The second-order valence-corrected chi connectivity index (χ2v) is 6.82. The maximum absolute atomic E-state index is 12.6. The first-order valence-corrected chi connectivity index (χ1v) is 8.92. The Kier molecular flexibility index (Phi) is 5.06. The first-order chi connectivity index (χ1) is 12.0. The summed E-state index contributed by atoms with van der Waals surface area (Å²) in [7, 11) is 0. The Hall–Kier alpha value is -2.37. The van der Waals surface area contributed by atoms with E-state index in [1.54, 1.807) is 14.7 Å². The lowest BCUT2D eigenvalue weighted by Crippen LogP contribution is -2.52. The molecule has 1 aromatic rings. The second-order valence-electron chi connectivity index (χ2n) is 6.82. The van der Waals surface area contributed by atoms with Crippen molar-refractivity contribution >= 4 is 17.7 Å². The van der Waals surface area contributed by atoms with Crippen LogP contribution in [0.15, 0.2) is 24.3 Å². The number of likely N-dealkylation sites (tertiary alicyclic amines) is 1. The van der Waals surface area contributed by atoms with Crippen LogP contribution in [0.25, 0.3) is 0 Å². The Morgan fingerprint density at radius 2 is 1.64 bits per heavy atom. The van der Waals surface area contributed by atoms with Crippen LogP contribution in [-0.4, -0.2) is 71.7 Å². The van der Waals surface area contributed by atoms with Gasteiger partial charge in [-0.3, -0.25) is 14.4 Å². The normalized spacial score (nSPS) is 21.0. The van der Waals surface area contributed by atoms with Crippen LogP contribution in [0, 0.1) is 12.8 Å². The highest BCUT2D eigenvalue weighted by molar-refractivity contribution is 5.94. The third-order valence-corrected chi connectivity index (χ3v) is 5.12. The summed E-state index contributed by atoms with van der Waals surface area (Å²) in [6.45, 7) is 7.25. The van der Waals surface area contributed by atoms with Gasteiger partial charge in [0, 0.05) is 51.3 Å². The molecule has 2 aliphatic rings. The van der Waals surface area contributed by atoms with Gasteiger partial charge in [0.15, 0.2) is 0 Å². The zero-order chi connectivity index (χ0) is 18.0. The van der Waals surface area contributed by atoms with E-state index in [1.165, 1.54) is 0 Å². The van der Waals surface area contributed by atoms with Gasteiger partial charge in [-0.25, -0.2) is 0 Å². The molecule has 25 heavy (non-hydrogen) atoms. The lowest BCUT2D eigenvalue weighted by Gasteiger charge is -2.36. The van der Waals surface area contributed by atoms with Crippen LogP contribution in [0.4, 0.5) is 0 Å². The molecule has 0 bridgehead atoms. The lowest BCUT2D eigenvalue weighted by atomic mass is 10.1. The van der Waals surface area contributed by atoms with Gasteiger partial charge in [-0.05, 0) is 26.0 Å². The first-order valence-electron chi connectivity index (χ1n) is 8.92. The molecule has 134 valence electrons. The molecule has 2 fully saturated rings. The minimum Gasteiger partial charge on any atom is -0.342 e. The van der Waals surface area contributed by atoms with Crippen molar-refractivity contribution in [2.24, 2.45) is 5.92 Å². The van der Waals surface area contributed by atoms with Gasteiger partial charge in [0.05, 0.1) is 5.92 Å². The van der Waals surface area contributed by atoms with Gasteiger partial charge < -0.3 is 14.7 Å². The fourth-order valence-electron chi connectivity index (χ4n) is 3.51. The number of piperazine rings is 1. The van der Waals surface area contributed by atoms with Gasteiger partial charge in [-0.2, -0.15) is 0 Å². The molecule has 0 saturated carbocycles. The average Bonchev–Trinajstić information content (AvgIpc) is 3.02. The number of rotatable bonds is 3. The molecular formula is C19H25N3O3. The molecule has 2 heterocycles. The highest BCUT2D eigenvalue weighted by atomic mass is 16.2. The molecule has 6 heteroatoms. The molecule has 6 nitrogen and oxygen atoms in total. The molecule has 0 aliphatic carbocycles. The smallest absolute Gasteiger partial charge is 0.253 e. The van der Waals surface area contributed by atoms with E-state index in [0.717, 1.165) is 5.56 Å². The van der Waals surface area contributed by atoms with E-state index in [9.17, 15) is 14.4 Å². The Morgan fingerprint density at radius 3 is 2.20 bits per heavy atom. The Bertz CT molecular complexity index is 663. The number of carbonyl (C=O) groups is 3. The van der Waals surface area contributed by atoms with Crippen LogP contribution in [0.3, 0.4) is 0 Å². The Labute approximate surface area is 148 Å². The molecular weight excluding hydrogens is 318 g/mol. The van der Waals surface area contributed by atoms with E-state index in [4.69, 9.17) is 0 Å². The van der Waals surface area contributed by atoms with E-state index in [0.29, 0.717) is 51.3 Å². The highest BCUT2D eigenvalue weighted by Gasteiger charge is 2.36. The zero-order valence-corrected chi connectivity index (χ0v) is 14.9. The number of amides is 3. The van der Waals surface area contributed by atoms with Crippen LogP contribution in [0.5, 0.6) is 0 Å². The van der Waals surface area contributed by atoms with Crippen molar-refractivity contribution in [2.45, 2.75) is 20.3 Å². The monoisotopic (exact) mass is 343 g/mol. The van der Waals surface area contributed by atoms with Crippen LogP contribution in [-0.2, 0) is 9.59 Å². The van der Waals surface area contributed by atoms with E-state index in [-0.39, 0.29) is 23.6 Å². The molecule has 0 spiro atoms. The Morgan fingerprint density at radius 1 is 1.04 bits per heavy atom. The van der Waals surface area contributed by atoms with E-state index in [1.807, 2.05) is 38.1 Å². The van der Waals surface area contributed by atoms with Crippen LogP contribution >= 0.6 is 0 Å². The van der Waals surface area contributed by atoms with E-state index in [2.05, 4.69) is 0 Å². The van der Waals surface area contributed by atoms with Crippen molar-refractivity contribution in [3.63, 3.8) is 0 Å². The number of benzene rings is 1. The van der Waals surface area contributed by atoms with Crippen molar-refractivity contribution in [3.8, 4) is 0 Å². The van der Waals surface area contributed by atoms with Crippen molar-refractivity contribution < 1.29 is 14.4 Å². The molecule has 3 rings (SSSR count). The van der Waals surface area contributed by atoms with Crippen molar-refractivity contribution in [3.05, 3.63) is 35.4 Å². The summed E-state index contributed by atoms with van der Waals surface area (Å²) in [5.41, 5.74) is 1.81. The number of aryl methyl sites for hydroxylation is 1.